The van der Waals surface area contributed by atoms with Crippen LogP contribution in [0.25, 0.3) is 0 Å². The first-order chi connectivity index (χ1) is 10.1. The maximum absolute atomic E-state index is 13.0. The van der Waals surface area contributed by atoms with Crippen LogP contribution in [0, 0.1) is 12.7 Å². The zero-order valence-electron chi connectivity index (χ0n) is 11.9. The first-order valence-corrected chi connectivity index (χ1v) is 9.56. The molecule has 0 aliphatic heterocycles. The number of sulfone groups is 1. The molecule has 0 amide bonds. The molecule has 5 nitrogen and oxygen atoms in total. The molecule has 0 saturated heterocycles. The third-order valence-corrected chi connectivity index (χ3v) is 5.50. The Morgan fingerprint density at radius 2 is 1.45 bits per heavy atom. The summed E-state index contributed by atoms with van der Waals surface area (Å²) in [6, 6.07) is 8.55. The van der Waals surface area contributed by atoms with Crippen LogP contribution in [-0.4, -0.2) is 23.1 Å². The summed E-state index contributed by atoms with van der Waals surface area (Å²) < 4.78 is 62.6. The largest absolute Gasteiger partial charge is 0.279 e. The van der Waals surface area contributed by atoms with E-state index in [2.05, 4.69) is 4.72 Å². The van der Waals surface area contributed by atoms with Crippen molar-refractivity contribution in [3.05, 3.63) is 53.8 Å². The second-order valence-electron chi connectivity index (χ2n) is 4.81. The average Bonchev–Trinajstić information content (AvgIpc) is 2.41. The number of nitrogens with one attached hydrogen (secondary N) is 1. The van der Waals surface area contributed by atoms with Crippen LogP contribution in [0.4, 0.5) is 10.1 Å². The molecule has 22 heavy (non-hydrogen) atoms. The summed E-state index contributed by atoms with van der Waals surface area (Å²) in [5, 5.41) is 0. The standard InChI is InChI=1S/C14H14FNO4S2/c1-10-9-11(15)3-8-14(10)16-22(19,20)13-6-4-12(5-7-13)21(2,17)18/h3-9,16H,1-2H3. The summed E-state index contributed by atoms with van der Waals surface area (Å²) in [5.74, 6) is -0.460. The molecule has 0 unspecified atom stereocenters. The fraction of sp³-hybridized carbons (Fsp3) is 0.143. The minimum absolute atomic E-state index is 0.0319. The number of benzene rings is 2. The molecule has 0 fully saturated rings. The fourth-order valence-electron chi connectivity index (χ4n) is 1.81. The van der Waals surface area contributed by atoms with Crippen molar-refractivity contribution >= 4 is 25.5 Å². The number of rotatable bonds is 4. The van der Waals surface area contributed by atoms with Crippen LogP contribution < -0.4 is 4.72 Å². The van der Waals surface area contributed by atoms with Gasteiger partial charge in [0.25, 0.3) is 10.0 Å². The van der Waals surface area contributed by atoms with Crippen LogP contribution in [0.2, 0.25) is 0 Å². The lowest BCUT2D eigenvalue weighted by atomic mass is 10.2. The Kier molecular flexibility index (Phi) is 4.25. The van der Waals surface area contributed by atoms with Gasteiger partial charge in [0.15, 0.2) is 9.84 Å². The topological polar surface area (TPSA) is 80.3 Å². The summed E-state index contributed by atoms with van der Waals surface area (Å²) >= 11 is 0. The molecule has 0 spiro atoms. The molecule has 1 N–H and O–H groups in total. The van der Waals surface area contributed by atoms with E-state index in [9.17, 15) is 21.2 Å². The summed E-state index contributed by atoms with van der Waals surface area (Å²) in [5.41, 5.74) is 0.699. The highest BCUT2D eigenvalue weighted by molar-refractivity contribution is 7.92. The SMILES string of the molecule is Cc1cc(F)ccc1NS(=O)(=O)c1ccc(S(C)(=O)=O)cc1. The van der Waals surface area contributed by atoms with Gasteiger partial charge in [0.2, 0.25) is 0 Å². The number of halogens is 1. The Balaban J connectivity index is 2.34. The smallest absolute Gasteiger partial charge is 0.261 e. The molecule has 2 aromatic rings. The lowest BCUT2D eigenvalue weighted by molar-refractivity contribution is 0.597. The van der Waals surface area contributed by atoms with E-state index in [1.807, 2.05) is 0 Å². The number of hydrogen-bond acceptors (Lipinski definition) is 4. The Morgan fingerprint density at radius 1 is 0.909 bits per heavy atom. The van der Waals surface area contributed by atoms with Gasteiger partial charge in [-0.05, 0) is 55.0 Å². The van der Waals surface area contributed by atoms with Gasteiger partial charge >= 0.3 is 0 Å². The van der Waals surface area contributed by atoms with E-state index >= 15 is 0 Å². The van der Waals surface area contributed by atoms with Crippen LogP contribution >= 0.6 is 0 Å². The maximum Gasteiger partial charge on any atom is 0.261 e. The Labute approximate surface area is 128 Å². The quantitative estimate of drug-likeness (QED) is 0.924. The molecule has 2 aromatic carbocycles. The Hall–Kier alpha value is -1.93. The molecular formula is C14H14FNO4S2. The molecule has 0 atom stereocenters. The van der Waals surface area contributed by atoms with E-state index in [0.29, 0.717) is 5.56 Å². The molecule has 2 rings (SSSR count). The predicted octanol–water partition coefficient (Wildman–Crippen LogP) is 2.34. The minimum Gasteiger partial charge on any atom is -0.279 e. The van der Waals surface area contributed by atoms with E-state index in [1.165, 1.54) is 36.4 Å². The Morgan fingerprint density at radius 3 is 1.95 bits per heavy atom. The maximum atomic E-state index is 13.0. The van der Waals surface area contributed by atoms with Crippen LogP contribution in [0.1, 0.15) is 5.56 Å². The molecule has 0 radical (unpaired) electrons. The van der Waals surface area contributed by atoms with E-state index in [0.717, 1.165) is 12.3 Å². The second kappa shape index (κ2) is 5.69. The molecule has 8 heteroatoms. The van der Waals surface area contributed by atoms with Crippen LogP contribution in [0.5, 0.6) is 0 Å². The summed E-state index contributed by atoms with van der Waals surface area (Å²) in [6.45, 7) is 1.58. The van der Waals surface area contributed by atoms with Gasteiger partial charge in [-0.1, -0.05) is 0 Å². The van der Waals surface area contributed by atoms with Crippen molar-refractivity contribution in [1.29, 1.82) is 0 Å². The van der Waals surface area contributed by atoms with Gasteiger partial charge in [-0.2, -0.15) is 0 Å². The van der Waals surface area contributed by atoms with Crippen LogP contribution in [0.15, 0.2) is 52.3 Å². The highest BCUT2D eigenvalue weighted by Gasteiger charge is 2.16. The summed E-state index contributed by atoms with van der Waals surface area (Å²) in [7, 11) is -7.27. The molecule has 118 valence electrons. The van der Waals surface area contributed by atoms with Gasteiger partial charge in [-0.15, -0.1) is 0 Å². The van der Waals surface area contributed by atoms with Gasteiger partial charge in [0, 0.05) is 6.26 Å². The van der Waals surface area contributed by atoms with Crippen molar-refractivity contribution in [2.24, 2.45) is 0 Å². The average molecular weight is 343 g/mol. The zero-order chi connectivity index (χ0) is 16.5. The van der Waals surface area contributed by atoms with E-state index in [1.54, 1.807) is 6.92 Å². The summed E-state index contributed by atoms with van der Waals surface area (Å²) in [6.07, 6.45) is 1.04. The monoisotopic (exact) mass is 343 g/mol. The minimum atomic E-state index is -3.88. The molecule has 0 aliphatic rings. The van der Waals surface area contributed by atoms with Gasteiger partial charge in [-0.25, -0.2) is 21.2 Å². The third kappa shape index (κ3) is 3.63. The lowest BCUT2D eigenvalue weighted by Crippen LogP contribution is -2.14. The van der Waals surface area contributed by atoms with Crippen LogP contribution in [-0.2, 0) is 19.9 Å². The van der Waals surface area contributed by atoms with Gasteiger partial charge in [0.1, 0.15) is 5.82 Å². The van der Waals surface area contributed by atoms with E-state index in [4.69, 9.17) is 0 Å². The van der Waals surface area contributed by atoms with Crippen molar-refractivity contribution < 1.29 is 21.2 Å². The molecule has 0 aliphatic carbocycles. The van der Waals surface area contributed by atoms with Crippen molar-refractivity contribution in [3.8, 4) is 0 Å². The van der Waals surface area contributed by atoms with Gasteiger partial charge in [0.05, 0.1) is 15.5 Å². The van der Waals surface area contributed by atoms with E-state index < -0.39 is 25.7 Å². The van der Waals surface area contributed by atoms with Crippen molar-refractivity contribution in [3.63, 3.8) is 0 Å². The fourth-order valence-corrected chi connectivity index (χ4v) is 3.57. The molecular weight excluding hydrogens is 329 g/mol. The normalized spacial score (nSPS) is 12.1. The number of aryl methyl sites for hydroxylation is 1. The van der Waals surface area contributed by atoms with Gasteiger partial charge in [-0.3, -0.25) is 4.72 Å². The van der Waals surface area contributed by atoms with Crippen molar-refractivity contribution in [2.75, 3.05) is 11.0 Å². The molecule has 0 bridgehead atoms. The molecule has 0 aromatic heterocycles. The van der Waals surface area contributed by atoms with Gasteiger partial charge < -0.3 is 0 Å². The Bertz CT molecular complexity index is 904. The number of anilines is 1. The second-order valence-corrected chi connectivity index (χ2v) is 8.51. The highest BCUT2D eigenvalue weighted by atomic mass is 32.2. The number of sulfonamides is 1. The predicted molar refractivity (Wildman–Crippen MR) is 81.5 cm³/mol. The molecule has 0 heterocycles. The molecule has 0 saturated carbocycles. The first-order valence-electron chi connectivity index (χ1n) is 6.19. The lowest BCUT2D eigenvalue weighted by Gasteiger charge is -2.11. The highest BCUT2D eigenvalue weighted by Crippen LogP contribution is 2.21. The van der Waals surface area contributed by atoms with Crippen molar-refractivity contribution in [1.82, 2.24) is 0 Å². The van der Waals surface area contributed by atoms with Crippen LogP contribution in [0.3, 0.4) is 0 Å². The summed E-state index contributed by atoms with van der Waals surface area (Å²) in [4.78, 5) is -0.0481. The zero-order valence-corrected chi connectivity index (χ0v) is 13.5. The first kappa shape index (κ1) is 16.4. The third-order valence-electron chi connectivity index (χ3n) is 2.99. The van der Waals surface area contributed by atoms with Crippen molar-refractivity contribution in [2.45, 2.75) is 16.7 Å². The van der Waals surface area contributed by atoms with E-state index in [-0.39, 0.29) is 15.5 Å². The number of hydrogen-bond donors (Lipinski definition) is 1.